The highest BCUT2D eigenvalue weighted by molar-refractivity contribution is 5.33. The van der Waals surface area contributed by atoms with Crippen molar-refractivity contribution in [2.45, 2.75) is 38.8 Å². The van der Waals surface area contributed by atoms with Gasteiger partial charge in [-0.1, -0.05) is 18.2 Å². The summed E-state index contributed by atoms with van der Waals surface area (Å²) in [7, 11) is 0. The van der Waals surface area contributed by atoms with Crippen LogP contribution in [-0.4, -0.2) is 36.7 Å². The van der Waals surface area contributed by atoms with Gasteiger partial charge in [0, 0.05) is 37.3 Å². The van der Waals surface area contributed by atoms with Gasteiger partial charge >= 0.3 is 0 Å². The van der Waals surface area contributed by atoms with Gasteiger partial charge in [0.25, 0.3) is 0 Å². The lowest BCUT2D eigenvalue weighted by Crippen LogP contribution is -2.56. The van der Waals surface area contributed by atoms with E-state index in [1.54, 1.807) is 0 Å². The molecule has 1 aliphatic heterocycles. The van der Waals surface area contributed by atoms with Crippen LogP contribution in [0.15, 0.2) is 24.3 Å². The van der Waals surface area contributed by atoms with E-state index in [0.29, 0.717) is 0 Å². The van der Waals surface area contributed by atoms with Gasteiger partial charge in [-0.3, -0.25) is 4.90 Å². The largest absolute Gasteiger partial charge is 0.493 e. The topological polar surface area (TPSA) is 24.5 Å². The zero-order chi connectivity index (χ0) is 14.0. The molecule has 1 heterocycles. The highest BCUT2D eigenvalue weighted by Gasteiger charge is 2.26. The molecule has 3 rings (SSSR count). The molecule has 0 aromatic heterocycles. The summed E-state index contributed by atoms with van der Waals surface area (Å²) in [6.07, 6.45) is 2.68. The van der Waals surface area contributed by atoms with Gasteiger partial charge in [-0.25, -0.2) is 0 Å². The normalized spacial score (nSPS) is 22.7. The van der Waals surface area contributed by atoms with E-state index in [1.807, 2.05) is 0 Å². The lowest BCUT2D eigenvalue weighted by molar-refractivity contribution is 0.146. The molecule has 0 amide bonds. The first-order chi connectivity index (χ1) is 9.62. The third-order valence-electron chi connectivity index (χ3n) is 4.19. The lowest BCUT2D eigenvalue weighted by Gasteiger charge is -2.39. The third kappa shape index (κ3) is 3.74. The van der Waals surface area contributed by atoms with Crippen LogP contribution in [-0.2, 0) is 6.54 Å². The van der Waals surface area contributed by atoms with Gasteiger partial charge in [-0.05, 0) is 38.7 Å². The fourth-order valence-electron chi connectivity index (χ4n) is 2.89. The Bertz CT molecular complexity index is 454. The molecule has 20 heavy (non-hydrogen) atoms. The van der Waals surface area contributed by atoms with Crippen molar-refractivity contribution < 1.29 is 4.74 Å². The monoisotopic (exact) mass is 274 g/mol. The average molecular weight is 274 g/mol. The smallest absolute Gasteiger partial charge is 0.123 e. The van der Waals surface area contributed by atoms with Crippen molar-refractivity contribution in [3.05, 3.63) is 29.8 Å². The Morgan fingerprint density at radius 2 is 2.10 bits per heavy atom. The van der Waals surface area contributed by atoms with Crippen LogP contribution in [0.1, 0.15) is 32.3 Å². The molecule has 0 spiro atoms. The molecule has 1 aliphatic carbocycles. The number of ether oxygens (including phenoxy) is 1. The van der Waals surface area contributed by atoms with Crippen LogP contribution < -0.4 is 10.1 Å². The van der Waals surface area contributed by atoms with Crippen LogP contribution in [0.5, 0.6) is 5.75 Å². The van der Waals surface area contributed by atoms with E-state index < -0.39 is 0 Å². The second-order valence-corrected chi connectivity index (χ2v) is 6.88. The van der Waals surface area contributed by atoms with E-state index >= 15 is 0 Å². The Kier molecular flexibility index (Phi) is 3.99. The molecule has 2 aliphatic rings. The van der Waals surface area contributed by atoms with Crippen molar-refractivity contribution in [3.63, 3.8) is 0 Å². The molecular formula is C17H26N2O. The molecule has 110 valence electrons. The van der Waals surface area contributed by atoms with Crippen molar-refractivity contribution in [1.29, 1.82) is 0 Å². The van der Waals surface area contributed by atoms with E-state index in [0.717, 1.165) is 44.5 Å². The van der Waals surface area contributed by atoms with Crippen LogP contribution >= 0.6 is 0 Å². The molecule has 1 N–H and O–H groups in total. The standard InChI is InChI=1S/C17H26N2O/c1-17(2)13-19(10-9-18-17)11-15-5-3-4-6-16(15)20-12-14-7-8-14/h3-6,14,18H,7-13H2,1-2H3. The molecular weight excluding hydrogens is 248 g/mol. The minimum atomic E-state index is 0.210. The summed E-state index contributed by atoms with van der Waals surface area (Å²) >= 11 is 0. The maximum absolute atomic E-state index is 6.01. The number of benzene rings is 1. The number of hydrogen-bond acceptors (Lipinski definition) is 3. The van der Waals surface area contributed by atoms with Gasteiger partial charge in [-0.15, -0.1) is 0 Å². The molecule has 0 unspecified atom stereocenters. The molecule has 0 atom stereocenters. The average Bonchev–Trinajstić information content (AvgIpc) is 3.21. The Hall–Kier alpha value is -1.06. The fourth-order valence-corrected chi connectivity index (χ4v) is 2.89. The van der Waals surface area contributed by atoms with Crippen LogP contribution in [0.2, 0.25) is 0 Å². The number of para-hydroxylation sites is 1. The summed E-state index contributed by atoms with van der Waals surface area (Å²) in [5, 5.41) is 3.56. The van der Waals surface area contributed by atoms with Crippen LogP contribution in [0.3, 0.4) is 0 Å². The minimum Gasteiger partial charge on any atom is -0.493 e. The zero-order valence-corrected chi connectivity index (χ0v) is 12.7. The molecule has 1 aromatic carbocycles. The van der Waals surface area contributed by atoms with Gasteiger partial charge < -0.3 is 10.1 Å². The SMILES string of the molecule is CC1(C)CN(Cc2ccccc2OCC2CC2)CCN1. The summed E-state index contributed by atoms with van der Waals surface area (Å²) in [6.45, 7) is 9.70. The van der Waals surface area contributed by atoms with Crippen molar-refractivity contribution in [2.75, 3.05) is 26.2 Å². The summed E-state index contributed by atoms with van der Waals surface area (Å²) in [6, 6.07) is 8.52. The highest BCUT2D eigenvalue weighted by Crippen LogP contribution is 2.30. The van der Waals surface area contributed by atoms with Crippen molar-refractivity contribution in [1.82, 2.24) is 10.2 Å². The van der Waals surface area contributed by atoms with E-state index in [9.17, 15) is 0 Å². The third-order valence-corrected chi connectivity index (χ3v) is 4.19. The predicted molar refractivity (Wildman–Crippen MR) is 82.0 cm³/mol. The molecule has 0 radical (unpaired) electrons. The van der Waals surface area contributed by atoms with E-state index in [2.05, 4.69) is 48.3 Å². The van der Waals surface area contributed by atoms with Crippen molar-refractivity contribution in [3.8, 4) is 5.75 Å². The van der Waals surface area contributed by atoms with E-state index in [-0.39, 0.29) is 5.54 Å². The predicted octanol–water partition coefficient (Wildman–Crippen LogP) is 2.66. The molecule has 1 aromatic rings. The lowest BCUT2D eigenvalue weighted by atomic mass is 10.0. The number of piperazine rings is 1. The number of hydrogen-bond donors (Lipinski definition) is 1. The first-order valence-electron chi connectivity index (χ1n) is 7.80. The van der Waals surface area contributed by atoms with Gasteiger partial charge in [-0.2, -0.15) is 0 Å². The Balaban J connectivity index is 1.63. The maximum atomic E-state index is 6.01. The second-order valence-electron chi connectivity index (χ2n) is 6.88. The first-order valence-corrected chi connectivity index (χ1v) is 7.80. The Labute approximate surface area is 122 Å². The number of nitrogens with zero attached hydrogens (tertiary/aromatic N) is 1. The van der Waals surface area contributed by atoms with Gasteiger partial charge in [0.1, 0.15) is 5.75 Å². The Morgan fingerprint density at radius 1 is 1.30 bits per heavy atom. The molecule has 0 bridgehead atoms. The zero-order valence-electron chi connectivity index (χ0n) is 12.7. The Morgan fingerprint density at radius 3 is 2.85 bits per heavy atom. The number of nitrogens with one attached hydrogen (secondary N) is 1. The summed E-state index contributed by atoms with van der Waals surface area (Å²) in [5.74, 6) is 1.89. The molecule has 3 nitrogen and oxygen atoms in total. The first kappa shape index (κ1) is 13.9. The van der Waals surface area contributed by atoms with Crippen molar-refractivity contribution in [2.24, 2.45) is 5.92 Å². The maximum Gasteiger partial charge on any atom is 0.123 e. The van der Waals surface area contributed by atoms with Gasteiger partial charge in [0.15, 0.2) is 0 Å². The van der Waals surface area contributed by atoms with E-state index in [1.165, 1.54) is 18.4 Å². The van der Waals surface area contributed by atoms with Crippen LogP contribution in [0, 0.1) is 5.92 Å². The van der Waals surface area contributed by atoms with Crippen molar-refractivity contribution >= 4 is 0 Å². The fraction of sp³-hybridized carbons (Fsp3) is 0.647. The van der Waals surface area contributed by atoms with Gasteiger partial charge in [0.05, 0.1) is 6.61 Å². The second kappa shape index (κ2) is 5.74. The summed E-state index contributed by atoms with van der Waals surface area (Å²) in [5.41, 5.74) is 1.54. The van der Waals surface area contributed by atoms with Crippen LogP contribution in [0.4, 0.5) is 0 Å². The quantitative estimate of drug-likeness (QED) is 0.893. The molecule has 1 saturated heterocycles. The molecule has 2 fully saturated rings. The van der Waals surface area contributed by atoms with Crippen LogP contribution in [0.25, 0.3) is 0 Å². The highest BCUT2D eigenvalue weighted by atomic mass is 16.5. The number of rotatable bonds is 5. The van der Waals surface area contributed by atoms with E-state index in [4.69, 9.17) is 4.74 Å². The molecule has 3 heteroatoms. The summed E-state index contributed by atoms with van der Waals surface area (Å²) < 4.78 is 6.01. The molecule has 1 saturated carbocycles. The minimum absolute atomic E-state index is 0.210. The summed E-state index contributed by atoms with van der Waals surface area (Å²) in [4.78, 5) is 2.52. The van der Waals surface area contributed by atoms with Gasteiger partial charge in [0.2, 0.25) is 0 Å².